The number of benzene rings is 3. The van der Waals surface area contributed by atoms with Crippen molar-refractivity contribution in [3.63, 3.8) is 0 Å². The minimum atomic E-state index is -0.855. The topological polar surface area (TPSA) is 99.3 Å². The Hall–Kier alpha value is -4.66. The predicted molar refractivity (Wildman–Crippen MR) is 155 cm³/mol. The van der Waals surface area contributed by atoms with Crippen LogP contribution in [0.2, 0.25) is 0 Å². The average molecular weight is 543 g/mol. The quantitative estimate of drug-likeness (QED) is 0.389. The Morgan fingerprint density at radius 2 is 1.57 bits per heavy atom. The second kappa shape index (κ2) is 12.0. The summed E-state index contributed by atoms with van der Waals surface area (Å²) in [6.07, 6.45) is 0. The fourth-order valence-electron chi connectivity index (χ4n) is 4.76. The molecule has 0 aromatic heterocycles. The molecular formula is C31H34N4O5. The van der Waals surface area contributed by atoms with Gasteiger partial charge in [0.15, 0.2) is 0 Å². The van der Waals surface area contributed by atoms with Gasteiger partial charge < -0.3 is 19.9 Å². The van der Waals surface area contributed by atoms with Gasteiger partial charge in [0.1, 0.15) is 18.3 Å². The lowest BCUT2D eigenvalue weighted by atomic mass is 10.00. The molecule has 1 aliphatic heterocycles. The van der Waals surface area contributed by atoms with Crippen LogP contribution in [0.1, 0.15) is 29.8 Å². The molecule has 3 aromatic rings. The molecule has 1 atom stereocenters. The number of carbonyl (C=O) groups is 4. The summed E-state index contributed by atoms with van der Waals surface area (Å²) in [6.45, 7) is 3.49. The van der Waals surface area contributed by atoms with Crippen molar-refractivity contribution in [2.24, 2.45) is 5.92 Å². The van der Waals surface area contributed by atoms with Crippen molar-refractivity contribution in [2.45, 2.75) is 26.4 Å². The van der Waals surface area contributed by atoms with Gasteiger partial charge in [-0.3, -0.25) is 24.1 Å². The molecular weight excluding hydrogens is 508 g/mol. The van der Waals surface area contributed by atoms with Gasteiger partial charge >= 0.3 is 0 Å². The number of rotatable bonds is 10. The summed E-state index contributed by atoms with van der Waals surface area (Å²) in [5.74, 6) is -1.80. The smallest absolute Gasteiger partial charge is 0.299 e. The molecule has 1 N–H and O–H groups in total. The Kier molecular flexibility index (Phi) is 8.52. The van der Waals surface area contributed by atoms with E-state index < -0.39 is 23.6 Å². The first-order chi connectivity index (χ1) is 19.1. The number of hydrogen-bond acceptors (Lipinski definition) is 6. The Morgan fingerprint density at radius 1 is 0.925 bits per heavy atom. The first kappa shape index (κ1) is 28.4. The lowest BCUT2D eigenvalue weighted by molar-refractivity contribution is -0.140. The van der Waals surface area contributed by atoms with Gasteiger partial charge in [-0.25, -0.2) is 0 Å². The van der Waals surface area contributed by atoms with E-state index in [-0.39, 0.29) is 30.5 Å². The first-order valence-corrected chi connectivity index (χ1v) is 13.1. The summed E-state index contributed by atoms with van der Waals surface area (Å²) in [5.41, 5.74) is 3.03. The van der Waals surface area contributed by atoms with Crippen LogP contribution in [0.25, 0.3) is 0 Å². The zero-order valence-corrected chi connectivity index (χ0v) is 23.4. The molecule has 3 aromatic carbocycles. The number of ether oxygens (including phenoxy) is 1. The molecule has 0 saturated heterocycles. The standard InChI is InChI=1S/C31H34N4O5/c1-20(2)28(30(38)32-22-12-14-23(15-13-22)33(3)4)35(18-21-10-16-24(40-5)17-11-21)27(36)19-34-26-9-7-6-8-25(26)29(37)31(34)39/h6-17,20,28H,18-19H2,1-5H3,(H,32,38)/t28-/m1/s1. The summed E-state index contributed by atoms with van der Waals surface area (Å²) >= 11 is 0. The summed E-state index contributed by atoms with van der Waals surface area (Å²) < 4.78 is 5.26. The molecule has 3 amide bonds. The maximum Gasteiger partial charge on any atom is 0.299 e. The third-order valence-corrected chi connectivity index (χ3v) is 6.89. The molecule has 0 unspecified atom stereocenters. The van der Waals surface area contributed by atoms with Gasteiger partial charge in [-0.2, -0.15) is 0 Å². The van der Waals surface area contributed by atoms with E-state index in [4.69, 9.17) is 4.74 Å². The van der Waals surface area contributed by atoms with Gasteiger partial charge in [0.25, 0.3) is 11.7 Å². The van der Waals surface area contributed by atoms with E-state index in [1.807, 2.05) is 69.2 Å². The molecule has 4 rings (SSSR count). The van der Waals surface area contributed by atoms with Gasteiger partial charge in [0.05, 0.1) is 18.4 Å². The number of anilines is 3. The van der Waals surface area contributed by atoms with Gasteiger partial charge in [0, 0.05) is 32.0 Å². The van der Waals surface area contributed by atoms with Crippen molar-refractivity contribution in [3.05, 3.63) is 83.9 Å². The van der Waals surface area contributed by atoms with E-state index >= 15 is 0 Å². The molecule has 0 radical (unpaired) electrons. The molecule has 0 fully saturated rings. The van der Waals surface area contributed by atoms with E-state index in [0.717, 1.165) is 11.3 Å². The molecule has 0 bridgehead atoms. The largest absolute Gasteiger partial charge is 0.497 e. The summed E-state index contributed by atoms with van der Waals surface area (Å²) in [6, 6.07) is 20.4. The van der Waals surface area contributed by atoms with E-state index in [9.17, 15) is 19.2 Å². The lowest BCUT2D eigenvalue weighted by Gasteiger charge is -2.34. The SMILES string of the molecule is COc1ccc(CN(C(=O)CN2C(=O)C(=O)c3ccccc32)[C@@H](C(=O)Nc2ccc(N(C)C)cc2)C(C)C)cc1. The number of para-hydroxylation sites is 1. The van der Waals surface area contributed by atoms with Gasteiger partial charge in [-0.15, -0.1) is 0 Å². The van der Waals surface area contributed by atoms with Gasteiger partial charge in [-0.1, -0.05) is 38.1 Å². The summed E-state index contributed by atoms with van der Waals surface area (Å²) in [5, 5.41) is 2.95. The highest BCUT2D eigenvalue weighted by Crippen LogP contribution is 2.29. The third kappa shape index (κ3) is 5.98. The van der Waals surface area contributed by atoms with E-state index in [2.05, 4.69) is 5.32 Å². The maximum absolute atomic E-state index is 13.9. The number of methoxy groups -OCH3 is 1. The molecule has 9 heteroatoms. The van der Waals surface area contributed by atoms with Crippen LogP contribution in [-0.4, -0.2) is 62.2 Å². The molecule has 0 spiro atoms. The minimum Gasteiger partial charge on any atom is -0.497 e. The van der Waals surface area contributed by atoms with Crippen molar-refractivity contribution in [1.82, 2.24) is 4.90 Å². The Balaban J connectivity index is 1.64. The number of nitrogens with one attached hydrogen (secondary N) is 1. The van der Waals surface area contributed by atoms with Crippen molar-refractivity contribution in [1.29, 1.82) is 0 Å². The first-order valence-electron chi connectivity index (χ1n) is 13.1. The Bertz CT molecular complexity index is 1400. The number of fused-ring (bicyclic) bond motifs is 1. The number of hydrogen-bond donors (Lipinski definition) is 1. The van der Waals surface area contributed by atoms with Crippen LogP contribution in [-0.2, 0) is 20.9 Å². The van der Waals surface area contributed by atoms with Crippen LogP contribution >= 0.6 is 0 Å². The zero-order chi connectivity index (χ0) is 29.0. The minimum absolute atomic E-state index is 0.121. The number of ketones is 1. The van der Waals surface area contributed by atoms with Gasteiger partial charge in [0.2, 0.25) is 11.8 Å². The fourth-order valence-corrected chi connectivity index (χ4v) is 4.76. The van der Waals surface area contributed by atoms with E-state index in [1.54, 1.807) is 43.5 Å². The van der Waals surface area contributed by atoms with E-state index in [1.165, 1.54) is 9.80 Å². The summed E-state index contributed by atoms with van der Waals surface area (Å²) in [4.78, 5) is 57.6. The molecule has 0 saturated carbocycles. The molecule has 40 heavy (non-hydrogen) atoms. The Morgan fingerprint density at radius 3 is 2.17 bits per heavy atom. The normalized spacial score (nSPS) is 13.2. The third-order valence-electron chi connectivity index (χ3n) is 6.89. The van der Waals surface area contributed by atoms with E-state index in [0.29, 0.717) is 17.1 Å². The highest BCUT2D eigenvalue weighted by molar-refractivity contribution is 6.52. The van der Waals surface area contributed by atoms with Crippen LogP contribution in [0.4, 0.5) is 17.1 Å². The maximum atomic E-state index is 13.9. The predicted octanol–water partition coefficient (Wildman–Crippen LogP) is 3.98. The highest BCUT2D eigenvalue weighted by Gasteiger charge is 2.39. The van der Waals surface area contributed by atoms with Crippen molar-refractivity contribution < 1.29 is 23.9 Å². The average Bonchev–Trinajstić information content (AvgIpc) is 3.18. The van der Waals surface area contributed by atoms with Crippen LogP contribution in [0, 0.1) is 5.92 Å². The Labute approximate surface area is 234 Å². The van der Waals surface area contributed by atoms with Crippen molar-refractivity contribution in [2.75, 3.05) is 42.9 Å². The number of nitrogens with zero attached hydrogens (tertiary/aromatic N) is 3. The molecule has 1 heterocycles. The number of Topliss-reactive ketones (excluding diaryl/α,β-unsaturated/α-hetero) is 1. The molecule has 0 aliphatic carbocycles. The molecule has 208 valence electrons. The van der Waals surface area contributed by atoms with Crippen LogP contribution in [0.3, 0.4) is 0 Å². The monoisotopic (exact) mass is 542 g/mol. The number of carbonyl (C=O) groups excluding carboxylic acids is 4. The van der Waals surface area contributed by atoms with Crippen LogP contribution < -0.4 is 19.9 Å². The summed E-state index contributed by atoms with van der Waals surface area (Å²) in [7, 11) is 5.44. The van der Waals surface area contributed by atoms with Crippen LogP contribution in [0.15, 0.2) is 72.8 Å². The molecule has 9 nitrogen and oxygen atoms in total. The zero-order valence-electron chi connectivity index (χ0n) is 23.4. The molecule has 1 aliphatic rings. The van der Waals surface area contributed by atoms with Crippen molar-refractivity contribution >= 4 is 40.6 Å². The lowest BCUT2D eigenvalue weighted by Crippen LogP contribution is -2.53. The second-order valence-electron chi connectivity index (χ2n) is 10.2. The van der Waals surface area contributed by atoms with Gasteiger partial charge in [-0.05, 0) is 60.0 Å². The van der Waals surface area contributed by atoms with Crippen molar-refractivity contribution in [3.8, 4) is 5.75 Å². The second-order valence-corrected chi connectivity index (χ2v) is 10.2. The highest BCUT2D eigenvalue weighted by atomic mass is 16.5. The fraction of sp³-hybridized carbons (Fsp3) is 0.290. The van der Waals surface area contributed by atoms with Crippen LogP contribution in [0.5, 0.6) is 5.75 Å². The number of amides is 3.